The fourth-order valence-electron chi connectivity index (χ4n) is 1.56. The fraction of sp³-hybridized carbons (Fsp3) is 0.300. The van der Waals surface area contributed by atoms with Crippen LogP contribution in [0.3, 0.4) is 0 Å². The molecule has 0 aromatic heterocycles. The third-order valence-electron chi connectivity index (χ3n) is 2.05. The van der Waals surface area contributed by atoms with Crippen LogP contribution in [0.1, 0.15) is 27.0 Å². The van der Waals surface area contributed by atoms with Gasteiger partial charge in [-0.3, -0.25) is 0 Å². The molecule has 0 saturated heterocycles. The Morgan fingerprint density at radius 3 is 2.21 bits per heavy atom. The first-order chi connectivity index (χ1) is 6.56. The van der Waals surface area contributed by atoms with Crippen LogP contribution in [-0.2, 0) is 6.54 Å². The zero-order valence-electron chi connectivity index (χ0n) is 8.07. The lowest BCUT2D eigenvalue weighted by molar-refractivity contribution is 0.0695. The molecular formula is C10H11NO3. The summed E-state index contributed by atoms with van der Waals surface area (Å²) >= 11 is 0. The second kappa shape index (κ2) is 4.00. The second-order valence-electron chi connectivity index (χ2n) is 3.20. The van der Waals surface area contributed by atoms with E-state index >= 15 is 0 Å². The second-order valence-corrected chi connectivity index (χ2v) is 3.20. The first-order valence-electron chi connectivity index (χ1n) is 4.18. The number of benzene rings is 1. The van der Waals surface area contributed by atoms with E-state index in [1.807, 2.05) is 0 Å². The highest BCUT2D eigenvalue weighted by Crippen LogP contribution is 2.17. The summed E-state index contributed by atoms with van der Waals surface area (Å²) in [4.78, 5) is 20.9. The molecule has 14 heavy (non-hydrogen) atoms. The molecule has 1 rings (SSSR count). The number of nitrogens with zero attached hydrogens (tertiary/aromatic N) is 1. The van der Waals surface area contributed by atoms with Crippen LogP contribution in [0.15, 0.2) is 17.3 Å². The Balaban J connectivity index is 3.24. The average Bonchev–Trinajstić information content (AvgIpc) is 2.01. The predicted molar refractivity (Wildman–Crippen MR) is 52.4 cm³/mol. The molecule has 0 amide bonds. The lowest BCUT2D eigenvalue weighted by Crippen LogP contribution is -2.03. The van der Waals surface area contributed by atoms with Gasteiger partial charge in [-0.2, -0.15) is 4.91 Å². The Hall–Kier alpha value is -1.71. The molecule has 1 aromatic carbocycles. The number of aromatic carboxylic acids is 1. The van der Waals surface area contributed by atoms with Gasteiger partial charge in [0.15, 0.2) is 0 Å². The van der Waals surface area contributed by atoms with Crippen molar-refractivity contribution in [2.24, 2.45) is 5.18 Å². The summed E-state index contributed by atoms with van der Waals surface area (Å²) in [5.41, 5.74) is 2.38. The summed E-state index contributed by atoms with van der Waals surface area (Å²) in [6, 6.07) is 3.36. The van der Waals surface area contributed by atoms with E-state index in [4.69, 9.17) is 5.11 Å². The van der Waals surface area contributed by atoms with E-state index in [-0.39, 0.29) is 6.54 Å². The Morgan fingerprint density at radius 2 is 1.86 bits per heavy atom. The summed E-state index contributed by atoms with van der Waals surface area (Å²) in [7, 11) is 0. The maximum atomic E-state index is 10.8. The smallest absolute Gasteiger partial charge is 0.336 e. The molecule has 1 N–H and O–H groups in total. The van der Waals surface area contributed by atoms with Crippen molar-refractivity contribution in [1.29, 1.82) is 0 Å². The fourth-order valence-corrected chi connectivity index (χ4v) is 1.56. The van der Waals surface area contributed by atoms with Crippen molar-refractivity contribution in [3.05, 3.63) is 39.3 Å². The molecule has 4 nitrogen and oxygen atoms in total. The number of hydrogen-bond acceptors (Lipinski definition) is 3. The Bertz CT molecular complexity index is 362. The number of carboxylic acid groups (broad SMARTS) is 1. The van der Waals surface area contributed by atoms with Crippen LogP contribution in [-0.4, -0.2) is 11.1 Å². The molecule has 0 aliphatic rings. The van der Waals surface area contributed by atoms with Crippen LogP contribution in [0.5, 0.6) is 0 Å². The lowest BCUT2D eigenvalue weighted by atomic mass is 9.99. The van der Waals surface area contributed by atoms with Crippen molar-refractivity contribution in [2.45, 2.75) is 20.4 Å². The monoisotopic (exact) mass is 193 g/mol. The van der Waals surface area contributed by atoms with Crippen molar-refractivity contribution in [1.82, 2.24) is 0 Å². The highest BCUT2D eigenvalue weighted by atomic mass is 16.4. The zero-order valence-corrected chi connectivity index (χ0v) is 8.07. The van der Waals surface area contributed by atoms with E-state index < -0.39 is 5.97 Å². The molecule has 0 aliphatic heterocycles. The molecule has 0 atom stereocenters. The van der Waals surface area contributed by atoms with Gasteiger partial charge in [0.1, 0.15) is 6.54 Å². The van der Waals surface area contributed by atoms with Crippen molar-refractivity contribution in [3.8, 4) is 0 Å². The molecule has 0 unspecified atom stereocenters. The maximum Gasteiger partial charge on any atom is 0.336 e. The summed E-state index contributed by atoms with van der Waals surface area (Å²) in [5.74, 6) is -0.939. The molecule has 0 heterocycles. The van der Waals surface area contributed by atoms with E-state index in [9.17, 15) is 9.70 Å². The minimum atomic E-state index is -0.939. The SMILES string of the molecule is Cc1cc(CN=O)cc(C)c1C(=O)O. The molecule has 0 spiro atoms. The molecule has 0 saturated carbocycles. The first kappa shape index (κ1) is 10.4. The molecule has 0 aliphatic carbocycles. The quantitative estimate of drug-likeness (QED) is 0.748. The van der Waals surface area contributed by atoms with E-state index in [0.717, 1.165) is 5.56 Å². The van der Waals surface area contributed by atoms with Crippen LogP contribution in [0.2, 0.25) is 0 Å². The molecular weight excluding hydrogens is 182 g/mol. The summed E-state index contributed by atoms with van der Waals surface area (Å²) in [6.07, 6.45) is 0. The zero-order chi connectivity index (χ0) is 10.7. The molecule has 0 fully saturated rings. The Morgan fingerprint density at radius 1 is 1.36 bits per heavy atom. The number of aryl methyl sites for hydroxylation is 2. The number of hydrogen-bond donors (Lipinski definition) is 1. The van der Waals surface area contributed by atoms with Gasteiger partial charge in [-0.15, -0.1) is 0 Å². The van der Waals surface area contributed by atoms with Gasteiger partial charge < -0.3 is 5.11 Å². The van der Waals surface area contributed by atoms with Crippen LogP contribution in [0, 0.1) is 18.8 Å². The molecule has 1 aromatic rings. The lowest BCUT2D eigenvalue weighted by Gasteiger charge is -2.06. The highest BCUT2D eigenvalue weighted by molar-refractivity contribution is 5.91. The highest BCUT2D eigenvalue weighted by Gasteiger charge is 2.11. The third kappa shape index (κ3) is 1.96. The number of rotatable bonds is 3. The summed E-state index contributed by atoms with van der Waals surface area (Å²) < 4.78 is 0. The van der Waals surface area contributed by atoms with E-state index in [2.05, 4.69) is 5.18 Å². The van der Waals surface area contributed by atoms with E-state index in [1.54, 1.807) is 26.0 Å². The van der Waals surface area contributed by atoms with Crippen LogP contribution < -0.4 is 0 Å². The summed E-state index contributed by atoms with van der Waals surface area (Å²) in [5, 5.41) is 11.6. The summed E-state index contributed by atoms with van der Waals surface area (Å²) in [6.45, 7) is 3.51. The van der Waals surface area contributed by atoms with Crippen molar-refractivity contribution in [3.63, 3.8) is 0 Å². The van der Waals surface area contributed by atoms with Crippen molar-refractivity contribution in [2.75, 3.05) is 0 Å². The topological polar surface area (TPSA) is 66.7 Å². The van der Waals surface area contributed by atoms with Crippen molar-refractivity contribution >= 4 is 5.97 Å². The van der Waals surface area contributed by atoms with Gasteiger partial charge in [-0.25, -0.2) is 4.79 Å². The van der Waals surface area contributed by atoms with Gasteiger partial charge in [-0.1, -0.05) is 17.3 Å². The van der Waals surface area contributed by atoms with Crippen LogP contribution in [0.25, 0.3) is 0 Å². The number of carbonyl (C=O) groups is 1. The largest absolute Gasteiger partial charge is 0.478 e. The third-order valence-corrected chi connectivity index (χ3v) is 2.05. The van der Waals surface area contributed by atoms with Gasteiger partial charge >= 0.3 is 5.97 Å². The standard InChI is InChI=1S/C10H11NO3/c1-6-3-8(5-11-14)4-7(2)9(6)10(12)13/h3-4H,5H2,1-2H3,(H,12,13). The van der Waals surface area contributed by atoms with Crippen LogP contribution >= 0.6 is 0 Å². The van der Waals surface area contributed by atoms with Crippen molar-refractivity contribution < 1.29 is 9.90 Å². The van der Waals surface area contributed by atoms with Gasteiger partial charge in [0.25, 0.3) is 0 Å². The molecule has 0 radical (unpaired) electrons. The number of nitroso groups, excluding NO2 is 1. The van der Waals surface area contributed by atoms with E-state index in [1.165, 1.54) is 0 Å². The Labute approximate surface area is 81.5 Å². The van der Waals surface area contributed by atoms with Crippen LogP contribution in [0.4, 0.5) is 0 Å². The van der Waals surface area contributed by atoms with E-state index in [0.29, 0.717) is 16.7 Å². The normalized spacial score (nSPS) is 9.86. The first-order valence-corrected chi connectivity index (χ1v) is 4.18. The molecule has 74 valence electrons. The van der Waals surface area contributed by atoms with Gasteiger partial charge in [-0.05, 0) is 30.5 Å². The minimum absolute atomic E-state index is 0.0849. The van der Waals surface area contributed by atoms with Gasteiger partial charge in [0.05, 0.1) is 5.56 Å². The molecule has 0 bridgehead atoms. The molecule has 4 heteroatoms. The maximum absolute atomic E-state index is 10.8. The predicted octanol–water partition coefficient (Wildman–Crippen LogP) is 2.27. The van der Waals surface area contributed by atoms with Gasteiger partial charge in [0, 0.05) is 0 Å². The minimum Gasteiger partial charge on any atom is -0.478 e. The Kier molecular flexibility index (Phi) is 2.96. The van der Waals surface area contributed by atoms with Gasteiger partial charge in [0.2, 0.25) is 0 Å². The average molecular weight is 193 g/mol. The number of carboxylic acids is 1.